The Hall–Kier alpha value is -1.55. The van der Waals surface area contributed by atoms with Crippen molar-refractivity contribution in [3.8, 4) is 0 Å². The summed E-state index contributed by atoms with van der Waals surface area (Å²) in [5, 5.41) is 0. The molecule has 0 fully saturated rings. The number of rotatable bonds is 7. The molecule has 0 bridgehead atoms. The Balaban J connectivity index is 2.40. The summed E-state index contributed by atoms with van der Waals surface area (Å²) in [6.45, 7) is 3.32. The summed E-state index contributed by atoms with van der Waals surface area (Å²) < 4.78 is 10.2. The Morgan fingerprint density at radius 3 is 2.61 bits per heavy atom. The Morgan fingerprint density at radius 2 is 2.00 bits per heavy atom. The normalized spacial score (nSPS) is 10.1. The van der Waals surface area contributed by atoms with Crippen LogP contribution in [-0.2, 0) is 16.1 Å². The van der Waals surface area contributed by atoms with E-state index in [9.17, 15) is 4.79 Å². The van der Waals surface area contributed by atoms with Gasteiger partial charge in [0, 0.05) is 13.7 Å². The lowest BCUT2D eigenvalue weighted by atomic mass is 10.2. The second-order valence-electron chi connectivity index (χ2n) is 4.07. The third-order valence-corrected chi connectivity index (χ3v) is 2.53. The number of carbonyl (C=O) groups excluding carboxylic acids is 1. The lowest BCUT2D eigenvalue weighted by molar-refractivity contribution is 0.0375. The van der Waals surface area contributed by atoms with Crippen LogP contribution in [0.2, 0.25) is 0 Å². The van der Waals surface area contributed by atoms with Crippen molar-refractivity contribution in [1.29, 1.82) is 0 Å². The van der Waals surface area contributed by atoms with Crippen LogP contribution in [0.3, 0.4) is 0 Å². The number of amides is 1. The van der Waals surface area contributed by atoms with Crippen LogP contribution in [0.1, 0.15) is 25.3 Å². The highest BCUT2D eigenvalue weighted by molar-refractivity contribution is 5.67. The maximum Gasteiger partial charge on any atom is 0.411 e. The first-order valence-corrected chi connectivity index (χ1v) is 6.22. The second-order valence-corrected chi connectivity index (χ2v) is 4.07. The third-order valence-electron chi connectivity index (χ3n) is 2.53. The smallest absolute Gasteiger partial charge is 0.411 e. The van der Waals surface area contributed by atoms with Crippen LogP contribution in [0.5, 0.6) is 0 Å². The average Bonchev–Trinajstić information content (AvgIpc) is 2.42. The molecule has 0 heterocycles. The van der Waals surface area contributed by atoms with Crippen molar-refractivity contribution in [1.82, 2.24) is 4.90 Å². The molecule has 1 aromatic carbocycles. The first-order valence-electron chi connectivity index (χ1n) is 6.22. The molecule has 4 nitrogen and oxygen atoms in total. The summed E-state index contributed by atoms with van der Waals surface area (Å²) in [5.41, 5.74) is 0.985. The Morgan fingerprint density at radius 1 is 1.28 bits per heavy atom. The molecule has 4 heteroatoms. The summed E-state index contributed by atoms with van der Waals surface area (Å²) in [4.78, 5) is 13.4. The van der Waals surface area contributed by atoms with Crippen LogP contribution in [0.25, 0.3) is 0 Å². The predicted molar refractivity (Wildman–Crippen MR) is 70.1 cm³/mol. The van der Waals surface area contributed by atoms with Crippen molar-refractivity contribution in [2.75, 3.05) is 20.4 Å². The monoisotopic (exact) mass is 251 g/mol. The molecule has 0 spiro atoms. The average molecular weight is 251 g/mol. The number of benzene rings is 1. The zero-order valence-electron chi connectivity index (χ0n) is 11.1. The zero-order chi connectivity index (χ0) is 13.2. The van der Waals surface area contributed by atoms with Crippen molar-refractivity contribution in [2.24, 2.45) is 0 Å². The van der Waals surface area contributed by atoms with Gasteiger partial charge in [-0.15, -0.1) is 0 Å². The minimum atomic E-state index is -0.325. The van der Waals surface area contributed by atoms with Gasteiger partial charge in [-0.25, -0.2) is 4.79 Å². The van der Waals surface area contributed by atoms with E-state index in [0.717, 1.165) is 18.4 Å². The number of methoxy groups -OCH3 is 1. The zero-order valence-corrected chi connectivity index (χ0v) is 11.1. The summed E-state index contributed by atoms with van der Waals surface area (Å²) >= 11 is 0. The van der Waals surface area contributed by atoms with E-state index in [1.54, 1.807) is 12.0 Å². The standard InChI is InChI=1S/C14H21NO3/c1-3-4-10-15(12-17-2)14(16)18-11-13-8-6-5-7-9-13/h5-9H,3-4,10-12H2,1-2H3. The van der Waals surface area contributed by atoms with Gasteiger partial charge in [0.1, 0.15) is 13.3 Å². The van der Waals surface area contributed by atoms with E-state index in [0.29, 0.717) is 13.2 Å². The fourth-order valence-electron chi connectivity index (χ4n) is 1.52. The summed E-state index contributed by atoms with van der Waals surface area (Å²) in [7, 11) is 1.57. The van der Waals surface area contributed by atoms with Gasteiger partial charge in [-0.3, -0.25) is 4.90 Å². The van der Waals surface area contributed by atoms with Crippen LogP contribution in [-0.4, -0.2) is 31.4 Å². The molecule has 18 heavy (non-hydrogen) atoms. The van der Waals surface area contributed by atoms with Crippen LogP contribution in [0.4, 0.5) is 4.79 Å². The van der Waals surface area contributed by atoms with Crippen LogP contribution in [0, 0.1) is 0 Å². The molecule has 0 saturated heterocycles. The van der Waals surface area contributed by atoms with Crippen LogP contribution < -0.4 is 0 Å². The molecule has 0 radical (unpaired) electrons. The molecule has 1 rings (SSSR count). The SMILES string of the molecule is CCCCN(COC)C(=O)OCc1ccccc1. The van der Waals surface area contributed by atoms with Crippen LogP contribution >= 0.6 is 0 Å². The van der Waals surface area contributed by atoms with Crippen molar-refractivity contribution >= 4 is 6.09 Å². The first kappa shape index (κ1) is 14.5. The number of hydrogen-bond donors (Lipinski definition) is 0. The van der Waals surface area contributed by atoms with Gasteiger partial charge >= 0.3 is 6.09 Å². The van der Waals surface area contributed by atoms with E-state index in [4.69, 9.17) is 9.47 Å². The van der Waals surface area contributed by atoms with Crippen LogP contribution in [0.15, 0.2) is 30.3 Å². The van der Waals surface area contributed by atoms with Crippen molar-refractivity contribution in [3.63, 3.8) is 0 Å². The van der Waals surface area contributed by atoms with Crippen molar-refractivity contribution in [2.45, 2.75) is 26.4 Å². The summed E-state index contributed by atoms with van der Waals surface area (Å²) in [5.74, 6) is 0. The Bertz CT molecular complexity index is 340. The summed E-state index contributed by atoms with van der Waals surface area (Å²) in [6.07, 6.45) is 1.66. The molecule has 1 aromatic rings. The number of unbranched alkanes of at least 4 members (excludes halogenated alkanes) is 1. The van der Waals surface area contributed by atoms with Gasteiger partial charge < -0.3 is 9.47 Å². The Labute approximate surface area is 108 Å². The van der Waals surface area contributed by atoms with E-state index in [1.165, 1.54) is 0 Å². The molecule has 0 aromatic heterocycles. The quantitative estimate of drug-likeness (QED) is 0.699. The van der Waals surface area contributed by atoms with Gasteiger partial charge in [0.15, 0.2) is 0 Å². The van der Waals surface area contributed by atoms with Crippen molar-refractivity contribution < 1.29 is 14.3 Å². The second kappa shape index (κ2) is 8.53. The lowest BCUT2D eigenvalue weighted by Crippen LogP contribution is -2.34. The van der Waals surface area contributed by atoms with E-state index in [1.807, 2.05) is 30.3 Å². The van der Waals surface area contributed by atoms with Gasteiger partial charge in [0.25, 0.3) is 0 Å². The van der Waals surface area contributed by atoms with Gasteiger partial charge in [-0.05, 0) is 12.0 Å². The van der Waals surface area contributed by atoms with Gasteiger partial charge in [0.05, 0.1) is 0 Å². The molecule has 0 unspecified atom stereocenters. The molecule has 0 saturated carbocycles. The minimum absolute atomic E-state index is 0.271. The lowest BCUT2D eigenvalue weighted by Gasteiger charge is -2.20. The highest BCUT2D eigenvalue weighted by Crippen LogP contribution is 2.04. The fraction of sp³-hybridized carbons (Fsp3) is 0.500. The number of carbonyl (C=O) groups is 1. The van der Waals surface area contributed by atoms with E-state index < -0.39 is 0 Å². The third kappa shape index (κ3) is 5.19. The van der Waals surface area contributed by atoms with E-state index >= 15 is 0 Å². The molecule has 100 valence electrons. The number of hydrogen-bond acceptors (Lipinski definition) is 3. The highest BCUT2D eigenvalue weighted by atomic mass is 16.6. The number of nitrogens with zero attached hydrogens (tertiary/aromatic N) is 1. The summed E-state index contributed by atoms with van der Waals surface area (Å²) in [6, 6.07) is 9.64. The van der Waals surface area contributed by atoms with Gasteiger partial charge in [-0.2, -0.15) is 0 Å². The molecule has 0 N–H and O–H groups in total. The van der Waals surface area contributed by atoms with E-state index in [-0.39, 0.29) is 12.8 Å². The maximum atomic E-state index is 11.8. The first-order chi connectivity index (χ1) is 8.77. The molecular weight excluding hydrogens is 230 g/mol. The maximum absolute atomic E-state index is 11.8. The highest BCUT2D eigenvalue weighted by Gasteiger charge is 2.13. The minimum Gasteiger partial charge on any atom is -0.444 e. The topological polar surface area (TPSA) is 38.8 Å². The fourth-order valence-corrected chi connectivity index (χ4v) is 1.52. The number of ether oxygens (including phenoxy) is 2. The predicted octanol–water partition coefficient (Wildman–Crippen LogP) is 3.03. The van der Waals surface area contributed by atoms with Gasteiger partial charge in [0.2, 0.25) is 0 Å². The van der Waals surface area contributed by atoms with E-state index in [2.05, 4.69) is 6.92 Å². The van der Waals surface area contributed by atoms with Crippen molar-refractivity contribution in [3.05, 3.63) is 35.9 Å². The molecule has 0 atom stereocenters. The molecule has 0 aliphatic rings. The Kier molecular flexibility index (Phi) is 6.87. The molecule has 1 amide bonds. The molecular formula is C14H21NO3. The molecule has 0 aliphatic heterocycles. The van der Waals surface area contributed by atoms with Gasteiger partial charge in [-0.1, -0.05) is 43.7 Å². The largest absolute Gasteiger partial charge is 0.444 e. The molecule has 0 aliphatic carbocycles.